The van der Waals surface area contributed by atoms with Crippen LogP contribution < -0.4 is 5.32 Å². The molecule has 0 saturated heterocycles. The number of nitrogens with zero attached hydrogens (tertiary/aromatic N) is 2. The molecule has 3 aromatic rings. The van der Waals surface area contributed by atoms with Gasteiger partial charge in [0, 0.05) is 6.54 Å². The molecule has 3 rings (SSSR count). The summed E-state index contributed by atoms with van der Waals surface area (Å²) in [6.07, 6.45) is 0.632. The smallest absolute Gasteiger partial charge is 0.242 e. The highest BCUT2D eigenvalue weighted by Gasteiger charge is 2.20. The summed E-state index contributed by atoms with van der Waals surface area (Å²) < 4.78 is 15.0. The summed E-state index contributed by atoms with van der Waals surface area (Å²) in [6, 6.07) is 9.63. The second kappa shape index (κ2) is 7.71. The van der Waals surface area contributed by atoms with E-state index in [4.69, 9.17) is 12.2 Å². The van der Waals surface area contributed by atoms with E-state index in [0.29, 0.717) is 23.6 Å². The first-order valence-electron chi connectivity index (χ1n) is 7.79. The lowest BCUT2D eigenvalue weighted by Gasteiger charge is -2.15. The minimum Gasteiger partial charge on any atom is -0.354 e. The van der Waals surface area contributed by atoms with Crippen molar-refractivity contribution in [2.45, 2.75) is 19.4 Å². The molecule has 0 aliphatic rings. The Bertz CT molecular complexity index is 900. The van der Waals surface area contributed by atoms with Crippen LogP contribution in [0.5, 0.6) is 0 Å². The van der Waals surface area contributed by atoms with E-state index in [1.165, 1.54) is 23.5 Å². The van der Waals surface area contributed by atoms with Crippen LogP contribution in [0.25, 0.3) is 10.7 Å². The van der Waals surface area contributed by atoms with Gasteiger partial charge in [-0.15, -0.1) is 11.3 Å². The largest absolute Gasteiger partial charge is 0.354 e. The number of hydrogen-bond acceptors (Lipinski definition) is 4. The molecule has 1 aromatic carbocycles. The lowest BCUT2D eigenvalue weighted by Crippen LogP contribution is -2.32. The Morgan fingerprint density at radius 2 is 2.16 bits per heavy atom. The topological polar surface area (TPSA) is 62.7 Å². The molecule has 130 valence electrons. The fraction of sp³-hybridized carbons (Fsp3) is 0.235. The van der Waals surface area contributed by atoms with Crippen molar-refractivity contribution in [3.05, 3.63) is 57.9 Å². The molecule has 0 aliphatic heterocycles. The average molecular weight is 376 g/mol. The number of H-pyrrole nitrogens is 1. The summed E-state index contributed by atoms with van der Waals surface area (Å²) in [5.41, 5.74) is 0.966. The van der Waals surface area contributed by atoms with E-state index in [-0.39, 0.29) is 11.7 Å². The fourth-order valence-electron chi connectivity index (χ4n) is 2.49. The van der Waals surface area contributed by atoms with E-state index < -0.39 is 6.04 Å². The van der Waals surface area contributed by atoms with Gasteiger partial charge in [-0.25, -0.2) is 4.39 Å². The summed E-state index contributed by atoms with van der Waals surface area (Å²) in [6.45, 7) is 2.25. The van der Waals surface area contributed by atoms with E-state index in [0.717, 1.165) is 10.4 Å². The van der Waals surface area contributed by atoms with Crippen LogP contribution in [0, 0.1) is 10.6 Å². The van der Waals surface area contributed by atoms with Crippen molar-refractivity contribution in [2.24, 2.45) is 0 Å². The molecule has 0 saturated carbocycles. The number of aromatic amines is 1. The monoisotopic (exact) mass is 376 g/mol. The van der Waals surface area contributed by atoms with Gasteiger partial charge in [-0.1, -0.05) is 18.2 Å². The zero-order valence-corrected chi connectivity index (χ0v) is 15.2. The highest BCUT2D eigenvalue weighted by Crippen LogP contribution is 2.25. The SMILES string of the molecule is C[C@@H](C(=O)NCCc1ccc(F)cc1)n1c(-c2cccs2)n[nH]c1=S. The van der Waals surface area contributed by atoms with Gasteiger partial charge in [0.25, 0.3) is 0 Å². The second-order valence-electron chi connectivity index (χ2n) is 5.54. The first-order valence-corrected chi connectivity index (χ1v) is 9.08. The molecule has 2 N–H and O–H groups in total. The third-order valence-corrected chi connectivity index (χ3v) is 4.99. The maximum atomic E-state index is 12.9. The molecular formula is C17H17FN4OS2. The van der Waals surface area contributed by atoms with E-state index >= 15 is 0 Å². The van der Waals surface area contributed by atoms with Gasteiger partial charge >= 0.3 is 0 Å². The van der Waals surface area contributed by atoms with Crippen molar-refractivity contribution in [1.29, 1.82) is 0 Å². The Kier molecular flexibility index (Phi) is 5.40. The molecule has 0 aliphatic carbocycles. The molecular weight excluding hydrogens is 359 g/mol. The van der Waals surface area contributed by atoms with Crippen LogP contribution in [0.2, 0.25) is 0 Å². The maximum absolute atomic E-state index is 12.9. The number of amides is 1. The van der Waals surface area contributed by atoms with Crippen molar-refractivity contribution < 1.29 is 9.18 Å². The van der Waals surface area contributed by atoms with Crippen LogP contribution in [0.3, 0.4) is 0 Å². The molecule has 0 radical (unpaired) electrons. The van der Waals surface area contributed by atoms with E-state index in [1.54, 1.807) is 23.6 Å². The van der Waals surface area contributed by atoms with E-state index in [2.05, 4.69) is 15.5 Å². The normalized spacial score (nSPS) is 12.1. The van der Waals surface area contributed by atoms with Gasteiger partial charge in [-0.2, -0.15) is 5.10 Å². The van der Waals surface area contributed by atoms with Crippen molar-refractivity contribution in [2.75, 3.05) is 6.54 Å². The van der Waals surface area contributed by atoms with Crippen LogP contribution in [0.4, 0.5) is 4.39 Å². The van der Waals surface area contributed by atoms with E-state index in [1.807, 2.05) is 17.5 Å². The second-order valence-corrected chi connectivity index (χ2v) is 6.88. The molecule has 1 atom stereocenters. The molecule has 0 spiro atoms. The Morgan fingerprint density at radius 1 is 1.40 bits per heavy atom. The van der Waals surface area contributed by atoms with Gasteiger partial charge in [-0.3, -0.25) is 14.5 Å². The summed E-state index contributed by atoms with van der Waals surface area (Å²) in [7, 11) is 0. The number of thiophene rings is 1. The minimum absolute atomic E-state index is 0.141. The number of hydrogen-bond donors (Lipinski definition) is 2. The van der Waals surface area contributed by atoms with Crippen molar-refractivity contribution in [3.63, 3.8) is 0 Å². The van der Waals surface area contributed by atoms with Crippen LogP contribution in [-0.4, -0.2) is 27.2 Å². The third-order valence-electron chi connectivity index (χ3n) is 3.84. The lowest BCUT2D eigenvalue weighted by atomic mass is 10.1. The molecule has 1 amide bonds. The summed E-state index contributed by atoms with van der Waals surface area (Å²) in [5, 5.41) is 11.8. The first-order chi connectivity index (χ1) is 12.1. The number of carbonyl (C=O) groups excluding carboxylic acids is 1. The Labute approximate surface area is 153 Å². The number of carbonyl (C=O) groups is 1. The molecule has 0 bridgehead atoms. The van der Waals surface area contributed by atoms with E-state index in [9.17, 15) is 9.18 Å². The Hall–Kier alpha value is -2.32. The average Bonchev–Trinajstić information content (AvgIpc) is 3.25. The molecule has 2 heterocycles. The maximum Gasteiger partial charge on any atom is 0.242 e. The summed E-state index contributed by atoms with van der Waals surface area (Å²) in [5.74, 6) is 0.246. The van der Waals surface area contributed by atoms with Gasteiger partial charge < -0.3 is 5.32 Å². The molecule has 0 fully saturated rings. The van der Waals surface area contributed by atoms with Crippen LogP contribution in [0.15, 0.2) is 41.8 Å². The number of halogens is 1. The minimum atomic E-state index is -0.489. The number of aromatic nitrogens is 3. The predicted molar refractivity (Wildman–Crippen MR) is 98.5 cm³/mol. The third kappa shape index (κ3) is 4.02. The van der Waals surface area contributed by atoms with Crippen LogP contribution in [-0.2, 0) is 11.2 Å². The van der Waals surface area contributed by atoms with Crippen LogP contribution in [0.1, 0.15) is 18.5 Å². The Morgan fingerprint density at radius 3 is 2.84 bits per heavy atom. The standard InChI is InChI=1S/C17H17FN4OS2/c1-11(16(23)19-9-8-12-4-6-13(18)7-5-12)22-15(20-21-17(22)24)14-3-2-10-25-14/h2-7,10-11H,8-9H2,1H3,(H,19,23)(H,21,24)/t11-/m0/s1. The van der Waals surface area contributed by atoms with Gasteiger partial charge in [-0.05, 0) is 54.7 Å². The molecule has 25 heavy (non-hydrogen) atoms. The van der Waals surface area contributed by atoms with Gasteiger partial charge in [0.15, 0.2) is 10.6 Å². The first kappa shape index (κ1) is 17.5. The lowest BCUT2D eigenvalue weighted by molar-refractivity contribution is -0.123. The van der Waals surface area contributed by atoms with Crippen molar-refractivity contribution >= 4 is 29.5 Å². The quantitative estimate of drug-likeness (QED) is 0.645. The number of nitrogens with one attached hydrogen (secondary N) is 2. The zero-order valence-electron chi connectivity index (χ0n) is 13.5. The molecule has 5 nitrogen and oxygen atoms in total. The predicted octanol–water partition coefficient (Wildman–Crippen LogP) is 3.73. The van der Waals surface area contributed by atoms with Crippen molar-refractivity contribution in [3.8, 4) is 10.7 Å². The van der Waals surface area contributed by atoms with Gasteiger partial charge in [0.05, 0.1) is 4.88 Å². The summed E-state index contributed by atoms with van der Waals surface area (Å²) >= 11 is 6.81. The molecule has 8 heteroatoms. The summed E-state index contributed by atoms with van der Waals surface area (Å²) in [4.78, 5) is 13.4. The van der Waals surface area contributed by atoms with Crippen molar-refractivity contribution in [1.82, 2.24) is 20.1 Å². The highest BCUT2D eigenvalue weighted by molar-refractivity contribution is 7.71. The Balaban J connectivity index is 1.66. The zero-order chi connectivity index (χ0) is 17.8. The number of rotatable bonds is 6. The van der Waals surface area contributed by atoms with Crippen LogP contribution >= 0.6 is 23.6 Å². The van der Waals surface area contributed by atoms with Gasteiger partial charge in [0.1, 0.15) is 11.9 Å². The number of benzene rings is 1. The molecule has 0 unspecified atom stereocenters. The molecule has 2 aromatic heterocycles. The highest BCUT2D eigenvalue weighted by atomic mass is 32.1. The van der Waals surface area contributed by atoms with Gasteiger partial charge in [0.2, 0.25) is 5.91 Å². The fourth-order valence-corrected chi connectivity index (χ4v) is 3.49.